The maximum atomic E-state index is 12.9. The second-order valence-corrected chi connectivity index (χ2v) is 10.8. The summed E-state index contributed by atoms with van der Waals surface area (Å²) in [5.74, 6) is 0.303. The van der Waals surface area contributed by atoms with E-state index in [0.717, 1.165) is 19.3 Å². The fourth-order valence-corrected chi connectivity index (χ4v) is 5.95. The second-order valence-electron chi connectivity index (χ2n) is 7.05. The van der Waals surface area contributed by atoms with Crippen LogP contribution in [0.5, 0.6) is 0 Å². The minimum absolute atomic E-state index is 0.0206. The number of sulfonamides is 2. The van der Waals surface area contributed by atoms with Crippen LogP contribution in [0.15, 0.2) is 23.1 Å². The molecule has 142 valence electrons. The summed E-state index contributed by atoms with van der Waals surface area (Å²) in [4.78, 5) is 0.179. The van der Waals surface area contributed by atoms with Gasteiger partial charge >= 0.3 is 0 Å². The summed E-state index contributed by atoms with van der Waals surface area (Å²) in [5, 5.41) is 0. The number of nitrogens with zero attached hydrogens (tertiary/aromatic N) is 1. The quantitative estimate of drug-likeness (QED) is 0.778. The number of hydrogen-bond donors (Lipinski definition) is 1. The molecule has 0 unspecified atom stereocenters. The topological polar surface area (TPSA) is 83.5 Å². The van der Waals surface area contributed by atoms with Gasteiger partial charge in [-0.2, -0.15) is 4.31 Å². The average molecular weight is 389 g/mol. The molecule has 0 radical (unpaired) electrons. The Balaban J connectivity index is 2.25. The van der Waals surface area contributed by atoms with Crippen LogP contribution in [0.25, 0.3) is 0 Å². The highest BCUT2D eigenvalue weighted by Crippen LogP contribution is 2.26. The molecule has 1 heterocycles. The van der Waals surface area contributed by atoms with Crippen LogP contribution in [0.1, 0.15) is 45.1 Å². The Bertz CT molecular complexity index is 796. The molecule has 0 bridgehead atoms. The van der Waals surface area contributed by atoms with E-state index in [1.165, 1.54) is 10.4 Å². The minimum Gasteiger partial charge on any atom is -0.284 e. The Kier molecular flexibility index (Phi) is 6.51. The number of nitrogens with one attached hydrogen (secondary N) is 1. The monoisotopic (exact) mass is 388 g/mol. The van der Waals surface area contributed by atoms with Crippen molar-refractivity contribution in [2.45, 2.75) is 51.3 Å². The zero-order valence-corrected chi connectivity index (χ0v) is 16.8. The van der Waals surface area contributed by atoms with Gasteiger partial charge in [0.15, 0.2) is 0 Å². The van der Waals surface area contributed by atoms with E-state index in [-0.39, 0.29) is 16.6 Å². The molecule has 1 aliphatic rings. The Morgan fingerprint density at radius 2 is 1.72 bits per heavy atom. The van der Waals surface area contributed by atoms with Crippen molar-refractivity contribution in [3.63, 3.8) is 0 Å². The number of hydrogen-bond acceptors (Lipinski definition) is 4. The SMILES string of the molecule is Cc1ccc(NS(=O)(=O)CCC(C)C)cc1S(=O)(=O)N1CCCCC1. The molecule has 1 fully saturated rings. The van der Waals surface area contributed by atoms with Crippen LogP contribution >= 0.6 is 0 Å². The third-order valence-electron chi connectivity index (χ3n) is 4.36. The molecule has 1 aromatic carbocycles. The van der Waals surface area contributed by atoms with Crippen LogP contribution < -0.4 is 4.72 Å². The molecule has 0 saturated carbocycles. The normalized spacial score (nSPS) is 17.0. The fourth-order valence-electron chi connectivity index (χ4n) is 2.81. The zero-order chi connectivity index (χ0) is 18.7. The van der Waals surface area contributed by atoms with Gasteiger partial charge in [-0.1, -0.05) is 26.3 Å². The summed E-state index contributed by atoms with van der Waals surface area (Å²) in [6.07, 6.45) is 3.32. The molecule has 1 aliphatic heterocycles. The van der Waals surface area contributed by atoms with Crippen molar-refractivity contribution in [1.29, 1.82) is 0 Å². The van der Waals surface area contributed by atoms with Gasteiger partial charge in [0.25, 0.3) is 0 Å². The molecule has 2 rings (SSSR count). The van der Waals surface area contributed by atoms with Crippen molar-refractivity contribution in [2.24, 2.45) is 5.92 Å². The highest BCUT2D eigenvalue weighted by Gasteiger charge is 2.27. The summed E-state index contributed by atoms with van der Waals surface area (Å²) < 4.78 is 54.1. The van der Waals surface area contributed by atoms with Gasteiger partial charge in [0.2, 0.25) is 20.0 Å². The van der Waals surface area contributed by atoms with Crippen LogP contribution in [0.3, 0.4) is 0 Å². The lowest BCUT2D eigenvalue weighted by Gasteiger charge is -2.26. The first-order chi connectivity index (χ1) is 11.6. The molecular weight excluding hydrogens is 360 g/mol. The van der Waals surface area contributed by atoms with Gasteiger partial charge in [0.1, 0.15) is 0 Å². The summed E-state index contributed by atoms with van der Waals surface area (Å²) in [6, 6.07) is 4.70. The van der Waals surface area contributed by atoms with Gasteiger partial charge in [-0.3, -0.25) is 4.72 Å². The number of piperidine rings is 1. The van der Waals surface area contributed by atoms with Gasteiger partial charge in [-0.15, -0.1) is 0 Å². The Labute approximate surface area is 151 Å². The molecule has 0 spiro atoms. The molecule has 0 atom stereocenters. The number of rotatable bonds is 7. The Hall–Kier alpha value is -1.12. The first-order valence-corrected chi connectivity index (χ1v) is 11.8. The first kappa shape index (κ1) is 20.2. The van der Waals surface area contributed by atoms with E-state index in [2.05, 4.69) is 4.72 Å². The van der Waals surface area contributed by atoms with Gasteiger partial charge in [-0.25, -0.2) is 16.8 Å². The summed E-state index contributed by atoms with van der Waals surface area (Å²) >= 11 is 0. The van der Waals surface area contributed by atoms with E-state index < -0.39 is 20.0 Å². The summed E-state index contributed by atoms with van der Waals surface area (Å²) in [5.41, 5.74) is 0.917. The van der Waals surface area contributed by atoms with E-state index in [4.69, 9.17) is 0 Å². The van der Waals surface area contributed by atoms with E-state index in [0.29, 0.717) is 30.8 Å². The van der Waals surface area contributed by atoms with Crippen LogP contribution in [0, 0.1) is 12.8 Å². The maximum Gasteiger partial charge on any atom is 0.243 e. The molecule has 6 nitrogen and oxygen atoms in total. The number of anilines is 1. The highest BCUT2D eigenvalue weighted by atomic mass is 32.2. The van der Waals surface area contributed by atoms with E-state index in [1.807, 2.05) is 13.8 Å². The summed E-state index contributed by atoms with van der Waals surface area (Å²) in [7, 11) is -7.09. The number of benzene rings is 1. The predicted octanol–water partition coefficient (Wildman–Crippen LogP) is 2.96. The molecule has 0 amide bonds. The molecule has 1 N–H and O–H groups in total. The lowest BCUT2D eigenvalue weighted by molar-refractivity contribution is 0.346. The molecule has 0 aliphatic carbocycles. The molecule has 1 saturated heterocycles. The predicted molar refractivity (Wildman–Crippen MR) is 101 cm³/mol. The van der Waals surface area contributed by atoms with Crippen molar-refractivity contribution in [3.05, 3.63) is 23.8 Å². The third-order valence-corrected chi connectivity index (χ3v) is 7.72. The second kappa shape index (κ2) is 8.05. The Morgan fingerprint density at radius 3 is 2.32 bits per heavy atom. The van der Waals surface area contributed by atoms with Crippen LogP contribution in [0.4, 0.5) is 5.69 Å². The van der Waals surface area contributed by atoms with E-state index in [9.17, 15) is 16.8 Å². The van der Waals surface area contributed by atoms with Gasteiger partial charge in [-0.05, 0) is 49.8 Å². The first-order valence-electron chi connectivity index (χ1n) is 8.73. The molecule has 8 heteroatoms. The van der Waals surface area contributed by atoms with Gasteiger partial charge < -0.3 is 0 Å². The summed E-state index contributed by atoms with van der Waals surface area (Å²) in [6.45, 7) is 6.70. The van der Waals surface area contributed by atoms with Gasteiger partial charge in [0.05, 0.1) is 10.6 Å². The van der Waals surface area contributed by atoms with E-state index >= 15 is 0 Å². The molecule has 25 heavy (non-hydrogen) atoms. The van der Waals surface area contributed by atoms with Crippen molar-refractivity contribution >= 4 is 25.7 Å². The molecule has 0 aromatic heterocycles. The smallest absolute Gasteiger partial charge is 0.243 e. The lowest BCUT2D eigenvalue weighted by Crippen LogP contribution is -2.36. The molecular formula is C17H28N2O4S2. The van der Waals surface area contributed by atoms with Crippen LogP contribution in [-0.4, -0.2) is 40.0 Å². The zero-order valence-electron chi connectivity index (χ0n) is 15.2. The third kappa shape index (κ3) is 5.43. The standard InChI is InChI=1S/C17H28N2O4S2/c1-14(2)9-12-24(20,21)18-16-8-7-15(3)17(13-16)25(22,23)19-10-5-4-6-11-19/h7-8,13-14,18H,4-6,9-12H2,1-3H3. The van der Waals surface area contributed by atoms with Crippen molar-refractivity contribution in [1.82, 2.24) is 4.31 Å². The van der Waals surface area contributed by atoms with Crippen molar-refractivity contribution in [3.8, 4) is 0 Å². The van der Waals surface area contributed by atoms with Crippen molar-refractivity contribution < 1.29 is 16.8 Å². The fraction of sp³-hybridized carbons (Fsp3) is 0.647. The van der Waals surface area contributed by atoms with Crippen molar-refractivity contribution in [2.75, 3.05) is 23.6 Å². The minimum atomic E-state index is -3.60. The highest BCUT2D eigenvalue weighted by molar-refractivity contribution is 7.92. The Morgan fingerprint density at radius 1 is 1.08 bits per heavy atom. The largest absolute Gasteiger partial charge is 0.284 e. The van der Waals surface area contributed by atoms with Crippen LogP contribution in [0.2, 0.25) is 0 Å². The average Bonchev–Trinajstić information content (AvgIpc) is 2.55. The molecule has 1 aromatic rings. The number of aryl methyl sites for hydroxylation is 1. The maximum absolute atomic E-state index is 12.9. The lowest BCUT2D eigenvalue weighted by atomic mass is 10.2. The van der Waals surface area contributed by atoms with E-state index in [1.54, 1.807) is 19.1 Å². The van der Waals surface area contributed by atoms with Gasteiger partial charge in [0, 0.05) is 18.8 Å². The van der Waals surface area contributed by atoms with Crippen LogP contribution in [-0.2, 0) is 20.0 Å².